The molecule has 0 radical (unpaired) electrons. The minimum Gasteiger partial charge on any atom is -0.315 e. The molecule has 0 atom stereocenters. The second kappa shape index (κ2) is 4.61. The van der Waals surface area contributed by atoms with Gasteiger partial charge in [-0.15, -0.1) is 0 Å². The highest BCUT2D eigenvalue weighted by Crippen LogP contribution is 2.08. The van der Waals surface area contributed by atoms with E-state index in [1.807, 2.05) is 0 Å². The summed E-state index contributed by atoms with van der Waals surface area (Å²) < 4.78 is 0. The van der Waals surface area contributed by atoms with Crippen LogP contribution in [0.25, 0.3) is 0 Å². The van der Waals surface area contributed by atoms with Crippen LogP contribution in [0.1, 0.15) is 19.3 Å². The van der Waals surface area contributed by atoms with Crippen LogP contribution in [0, 0.1) is 0 Å². The van der Waals surface area contributed by atoms with Crippen molar-refractivity contribution in [2.75, 3.05) is 32.7 Å². The van der Waals surface area contributed by atoms with Crippen LogP contribution in [0.5, 0.6) is 0 Å². The van der Waals surface area contributed by atoms with E-state index in [4.69, 9.17) is 0 Å². The van der Waals surface area contributed by atoms with Gasteiger partial charge in [0.15, 0.2) is 0 Å². The van der Waals surface area contributed by atoms with Crippen molar-refractivity contribution < 1.29 is 9.59 Å². The molecule has 0 saturated carbocycles. The summed E-state index contributed by atoms with van der Waals surface area (Å²) in [5.74, 6) is -0.179. The van der Waals surface area contributed by atoms with Crippen molar-refractivity contribution in [3.05, 3.63) is 0 Å². The zero-order valence-corrected chi connectivity index (χ0v) is 8.87. The summed E-state index contributed by atoms with van der Waals surface area (Å²) in [7, 11) is 0. The van der Waals surface area contributed by atoms with Crippen molar-refractivity contribution in [1.82, 2.24) is 15.1 Å². The minimum atomic E-state index is -0.235. The lowest BCUT2D eigenvalue weighted by Gasteiger charge is -2.17. The summed E-state index contributed by atoms with van der Waals surface area (Å²) in [6.07, 6.45) is 3.55. The first kappa shape index (κ1) is 10.4. The van der Waals surface area contributed by atoms with Crippen LogP contribution in [-0.2, 0) is 4.79 Å². The summed E-state index contributed by atoms with van der Waals surface area (Å²) in [5, 5.41) is 2.28. The lowest BCUT2D eigenvalue weighted by molar-refractivity contribution is -0.118. The first-order valence-electron chi connectivity index (χ1n) is 5.57. The first-order valence-corrected chi connectivity index (χ1v) is 5.57. The number of nitrogens with zero attached hydrogens (tertiary/aromatic N) is 2. The maximum absolute atomic E-state index is 11.2. The number of nitrogens with one attached hydrogen (secondary N) is 1. The fourth-order valence-corrected chi connectivity index (χ4v) is 2.16. The van der Waals surface area contributed by atoms with E-state index in [0.717, 1.165) is 13.0 Å². The Kier molecular flexibility index (Phi) is 3.20. The number of imide groups is 1. The fraction of sp³-hybridized carbons (Fsp3) is 0.800. The van der Waals surface area contributed by atoms with Gasteiger partial charge in [-0.25, -0.2) is 4.79 Å². The summed E-state index contributed by atoms with van der Waals surface area (Å²) in [4.78, 5) is 26.1. The van der Waals surface area contributed by atoms with E-state index in [0.29, 0.717) is 6.54 Å². The lowest BCUT2D eigenvalue weighted by atomic mass is 10.3. The van der Waals surface area contributed by atoms with Gasteiger partial charge in [0, 0.05) is 6.54 Å². The highest BCUT2D eigenvalue weighted by atomic mass is 16.2. The van der Waals surface area contributed by atoms with Crippen molar-refractivity contribution in [2.45, 2.75) is 19.3 Å². The third kappa shape index (κ3) is 2.68. The van der Waals surface area contributed by atoms with Gasteiger partial charge in [-0.3, -0.25) is 10.1 Å². The van der Waals surface area contributed by atoms with Gasteiger partial charge in [0.25, 0.3) is 0 Å². The molecule has 15 heavy (non-hydrogen) atoms. The summed E-state index contributed by atoms with van der Waals surface area (Å²) >= 11 is 0. The van der Waals surface area contributed by atoms with E-state index >= 15 is 0 Å². The topological polar surface area (TPSA) is 52.7 Å². The van der Waals surface area contributed by atoms with Gasteiger partial charge in [0.05, 0.1) is 0 Å². The molecule has 84 valence electrons. The Bertz CT molecular complexity index is 261. The number of hydrogen-bond acceptors (Lipinski definition) is 3. The zero-order valence-electron chi connectivity index (χ0n) is 8.87. The molecule has 0 spiro atoms. The molecule has 2 aliphatic heterocycles. The standard InChI is InChI=1S/C10H17N3O2/c14-9-8-13(10(15)11-9)7-3-6-12-4-1-2-5-12/h1-8H2,(H,11,14,15). The molecule has 3 amide bonds. The molecule has 0 aromatic heterocycles. The minimum absolute atomic E-state index is 0.179. The molecule has 0 bridgehead atoms. The molecule has 2 saturated heterocycles. The zero-order chi connectivity index (χ0) is 10.7. The fourth-order valence-electron chi connectivity index (χ4n) is 2.16. The Hall–Kier alpha value is -1.10. The summed E-state index contributed by atoms with van der Waals surface area (Å²) in [6.45, 7) is 4.33. The Balaban J connectivity index is 1.65. The quantitative estimate of drug-likeness (QED) is 0.667. The Morgan fingerprint density at radius 3 is 2.47 bits per heavy atom. The number of rotatable bonds is 4. The van der Waals surface area contributed by atoms with Crippen LogP contribution in [0.3, 0.4) is 0 Å². The predicted octanol–water partition coefficient (Wildman–Crippen LogP) is 0.0241. The van der Waals surface area contributed by atoms with E-state index in [9.17, 15) is 9.59 Å². The Morgan fingerprint density at radius 1 is 1.13 bits per heavy atom. The molecule has 5 heteroatoms. The molecular formula is C10H17N3O2. The second-order valence-corrected chi connectivity index (χ2v) is 4.18. The van der Waals surface area contributed by atoms with Gasteiger partial charge in [0.2, 0.25) is 5.91 Å². The molecule has 1 N–H and O–H groups in total. The molecular weight excluding hydrogens is 194 g/mol. The molecule has 2 aliphatic rings. The highest BCUT2D eigenvalue weighted by Gasteiger charge is 2.25. The van der Waals surface area contributed by atoms with Gasteiger partial charge < -0.3 is 9.80 Å². The molecule has 2 rings (SSSR count). The molecule has 0 aromatic carbocycles. The highest BCUT2D eigenvalue weighted by molar-refractivity contribution is 6.01. The van der Waals surface area contributed by atoms with E-state index in [-0.39, 0.29) is 18.5 Å². The first-order chi connectivity index (χ1) is 7.25. The smallest absolute Gasteiger partial charge is 0.315 e. The number of likely N-dealkylation sites (tertiary alicyclic amines) is 1. The van der Waals surface area contributed by atoms with Gasteiger partial charge in [-0.2, -0.15) is 0 Å². The van der Waals surface area contributed by atoms with Crippen LogP contribution in [0.15, 0.2) is 0 Å². The van der Waals surface area contributed by atoms with E-state index < -0.39 is 0 Å². The van der Waals surface area contributed by atoms with Gasteiger partial charge in [0.1, 0.15) is 6.54 Å². The summed E-state index contributed by atoms with van der Waals surface area (Å²) in [6, 6.07) is -0.235. The van der Waals surface area contributed by atoms with E-state index in [1.54, 1.807) is 4.90 Å². The average Bonchev–Trinajstić information content (AvgIpc) is 2.77. The molecule has 0 unspecified atom stereocenters. The number of carbonyl (C=O) groups excluding carboxylic acids is 2. The maximum atomic E-state index is 11.2. The number of hydrogen-bond donors (Lipinski definition) is 1. The van der Waals surface area contributed by atoms with Crippen molar-refractivity contribution >= 4 is 11.9 Å². The third-order valence-corrected chi connectivity index (χ3v) is 2.97. The molecule has 0 aromatic rings. The van der Waals surface area contributed by atoms with Gasteiger partial charge in [-0.05, 0) is 38.9 Å². The van der Waals surface area contributed by atoms with E-state index in [2.05, 4.69) is 10.2 Å². The second-order valence-electron chi connectivity index (χ2n) is 4.18. The van der Waals surface area contributed by atoms with Crippen LogP contribution in [-0.4, -0.2) is 54.5 Å². The Morgan fingerprint density at radius 2 is 1.87 bits per heavy atom. The lowest BCUT2D eigenvalue weighted by Crippen LogP contribution is -2.31. The van der Waals surface area contributed by atoms with Crippen LogP contribution in [0.2, 0.25) is 0 Å². The van der Waals surface area contributed by atoms with Crippen LogP contribution >= 0.6 is 0 Å². The number of carbonyl (C=O) groups is 2. The average molecular weight is 211 g/mol. The molecule has 2 fully saturated rings. The molecule has 0 aliphatic carbocycles. The van der Waals surface area contributed by atoms with Crippen molar-refractivity contribution in [1.29, 1.82) is 0 Å². The Labute approximate surface area is 89.4 Å². The number of amides is 3. The van der Waals surface area contributed by atoms with Crippen molar-refractivity contribution in [2.24, 2.45) is 0 Å². The van der Waals surface area contributed by atoms with Gasteiger partial charge in [-0.1, -0.05) is 0 Å². The van der Waals surface area contributed by atoms with Crippen LogP contribution < -0.4 is 5.32 Å². The molecule has 5 nitrogen and oxygen atoms in total. The largest absolute Gasteiger partial charge is 0.324 e. The van der Waals surface area contributed by atoms with Crippen LogP contribution in [0.4, 0.5) is 4.79 Å². The third-order valence-electron chi connectivity index (χ3n) is 2.97. The van der Waals surface area contributed by atoms with Crippen molar-refractivity contribution in [3.63, 3.8) is 0 Å². The van der Waals surface area contributed by atoms with E-state index in [1.165, 1.54) is 25.9 Å². The number of urea groups is 1. The SMILES string of the molecule is O=C1CN(CCCN2CCCC2)C(=O)N1. The molecule has 2 heterocycles. The van der Waals surface area contributed by atoms with Crippen molar-refractivity contribution in [3.8, 4) is 0 Å². The van der Waals surface area contributed by atoms with Gasteiger partial charge >= 0.3 is 6.03 Å². The predicted molar refractivity (Wildman–Crippen MR) is 55.4 cm³/mol. The monoisotopic (exact) mass is 211 g/mol. The summed E-state index contributed by atoms with van der Waals surface area (Å²) in [5.41, 5.74) is 0. The normalized spacial score (nSPS) is 22.5. The maximum Gasteiger partial charge on any atom is 0.324 e.